The normalized spacial score (nSPS) is 19.1. The summed E-state index contributed by atoms with van der Waals surface area (Å²) in [6.07, 6.45) is 0. The Morgan fingerprint density at radius 3 is 2.77 bits per heavy atom. The van der Waals surface area contributed by atoms with Crippen LogP contribution < -0.4 is 5.32 Å². The topological polar surface area (TPSA) is 29.1 Å². The van der Waals surface area contributed by atoms with Gasteiger partial charge in [0.05, 0.1) is 5.41 Å². The van der Waals surface area contributed by atoms with E-state index in [1.807, 2.05) is 32.0 Å². The number of rotatable bonds is 0. The first-order chi connectivity index (χ1) is 6.12. The molecule has 0 bridgehead atoms. The van der Waals surface area contributed by atoms with Crippen LogP contribution in [-0.4, -0.2) is 5.91 Å². The first kappa shape index (κ1) is 8.30. The van der Waals surface area contributed by atoms with Crippen LogP contribution >= 0.6 is 0 Å². The Morgan fingerprint density at radius 1 is 1.31 bits per heavy atom. The van der Waals surface area contributed by atoms with E-state index in [0.717, 1.165) is 5.56 Å². The molecule has 1 aliphatic heterocycles. The SMILES string of the molecule is CC1(C)C(=O)NCc2ccccc21. The average molecular weight is 175 g/mol. The molecule has 1 heterocycles. The van der Waals surface area contributed by atoms with Gasteiger partial charge in [-0.05, 0) is 25.0 Å². The second kappa shape index (κ2) is 2.59. The van der Waals surface area contributed by atoms with E-state index in [4.69, 9.17) is 0 Å². The summed E-state index contributed by atoms with van der Waals surface area (Å²) in [5.41, 5.74) is 2.00. The monoisotopic (exact) mass is 175 g/mol. The maximum Gasteiger partial charge on any atom is 0.230 e. The minimum Gasteiger partial charge on any atom is -0.351 e. The maximum atomic E-state index is 11.6. The molecule has 0 spiro atoms. The molecule has 0 saturated carbocycles. The lowest BCUT2D eigenvalue weighted by Gasteiger charge is -2.31. The average Bonchev–Trinajstić information content (AvgIpc) is 2.13. The first-order valence-electron chi connectivity index (χ1n) is 4.49. The summed E-state index contributed by atoms with van der Waals surface area (Å²) in [6, 6.07) is 8.09. The molecule has 1 aliphatic rings. The van der Waals surface area contributed by atoms with E-state index in [2.05, 4.69) is 11.4 Å². The molecule has 0 saturated heterocycles. The van der Waals surface area contributed by atoms with E-state index in [0.29, 0.717) is 6.54 Å². The predicted octanol–water partition coefficient (Wildman–Crippen LogP) is 1.59. The van der Waals surface area contributed by atoms with Gasteiger partial charge in [0.15, 0.2) is 0 Å². The van der Waals surface area contributed by atoms with Crippen LogP contribution in [0.3, 0.4) is 0 Å². The van der Waals surface area contributed by atoms with E-state index in [1.54, 1.807) is 0 Å². The van der Waals surface area contributed by atoms with E-state index >= 15 is 0 Å². The van der Waals surface area contributed by atoms with Gasteiger partial charge in [0.1, 0.15) is 0 Å². The smallest absolute Gasteiger partial charge is 0.230 e. The van der Waals surface area contributed by atoms with Crippen LogP contribution in [-0.2, 0) is 16.8 Å². The van der Waals surface area contributed by atoms with E-state index < -0.39 is 0 Å². The third-order valence-corrected chi connectivity index (χ3v) is 2.70. The summed E-state index contributed by atoms with van der Waals surface area (Å²) in [5, 5.41) is 2.89. The molecule has 0 fully saturated rings. The highest BCUT2D eigenvalue weighted by atomic mass is 16.2. The van der Waals surface area contributed by atoms with Gasteiger partial charge in [0.25, 0.3) is 0 Å². The Bertz CT molecular complexity index is 355. The van der Waals surface area contributed by atoms with Crippen molar-refractivity contribution in [3.05, 3.63) is 35.4 Å². The molecular formula is C11H13NO. The van der Waals surface area contributed by atoms with Crippen molar-refractivity contribution < 1.29 is 4.79 Å². The summed E-state index contributed by atoms with van der Waals surface area (Å²) < 4.78 is 0. The van der Waals surface area contributed by atoms with Crippen LogP contribution in [0.5, 0.6) is 0 Å². The van der Waals surface area contributed by atoms with Crippen LogP contribution in [0.2, 0.25) is 0 Å². The molecule has 2 nitrogen and oxygen atoms in total. The lowest BCUT2D eigenvalue weighted by atomic mass is 9.78. The molecule has 0 radical (unpaired) electrons. The standard InChI is InChI=1S/C11H13NO/c1-11(2)9-6-4-3-5-8(9)7-12-10(11)13/h3-6H,7H2,1-2H3,(H,12,13). The molecule has 0 unspecified atom stereocenters. The minimum absolute atomic E-state index is 0.117. The lowest BCUT2D eigenvalue weighted by Crippen LogP contribution is -2.44. The molecule has 1 aromatic carbocycles. The number of hydrogen-bond donors (Lipinski definition) is 1. The summed E-state index contributed by atoms with van der Waals surface area (Å²) >= 11 is 0. The minimum atomic E-state index is -0.380. The van der Waals surface area contributed by atoms with E-state index in [1.165, 1.54) is 5.56 Å². The fourth-order valence-electron chi connectivity index (χ4n) is 1.80. The van der Waals surface area contributed by atoms with Crippen LogP contribution in [0.1, 0.15) is 25.0 Å². The molecule has 2 rings (SSSR count). The van der Waals surface area contributed by atoms with Crippen LogP contribution in [0, 0.1) is 0 Å². The zero-order chi connectivity index (χ0) is 9.47. The molecule has 13 heavy (non-hydrogen) atoms. The third-order valence-electron chi connectivity index (χ3n) is 2.70. The lowest BCUT2D eigenvalue weighted by molar-refractivity contribution is -0.126. The molecule has 0 atom stereocenters. The number of fused-ring (bicyclic) bond motifs is 1. The largest absolute Gasteiger partial charge is 0.351 e. The molecule has 0 aliphatic carbocycles. The molecule has 1 amide bonds. The van der Waals surface area contributed by atoms with Crippen LogP contribution in [0.4, 0.5) is 0 Å². The van der Waals surface area contributed by atoms with Gasteiger partial charge >= 0.3 is 0 Å². The maximum absolute atomic E-state index is 11.6. The van der Waals surface area contributed by atoms with Crippen molar-refractivity contribution in [2.45, 2.75) is 25.8 Å². The Hall–Kier alpha value is -1.31. The highest BCUT2D eigenvalue weighted by Gasteiger charge is 2.34. The highest BCUT2D eigenvalue weighted by molar-refractivity contribution is 5.89. The van der Waals surface area contributed by atoms with Crippen molar-refractivity contribution in [3.8, 4) is 0 Å². The van der Waals surface area contributed by atoms with Gasteiger partial charge in [0.2, 0.25) is 5.91 Å². The van der Waals surface area contributed by atoms with Crippen molar-refractivity contribution in [3.63, 3.8) is 0 Å². The molecule has 1 aromatic rings. The second-order valence-corrected chi connectivity index (χ2v) is 3.96. The number of benzene rings is 1. The number of nitrogens with one attached hydrogen (secondary N) is 1. The summed E-state index contributed by atoms with van der Waals surface area (Å²) in [5.74, 6) is 0.117. The fraction of sp³-hybridized carbons (Fsp3) is 0.364. The molecule has 1 N–H and O–H groups in total. The van der Waals surface area contributed by atoms with Crippen LogP contribution in [0.25, 0.3) is 0 Å². The zero-order valence-corrected chi connectivity index (χ0v) is 7.92. The summed E-state index contributed by atoms with van der Waals surface area (Å²) in [6.45, 7) is 4.58. The van der Waals surface area contributed by atoms with Crippen molar-refractivity contribution in [2.75, 3.05) is 0 Å². The summed E-state index contributed by atoms with van der Waals surface area (Å²) in [7, 11) is 0. The van der Waals surface area contributed by atoms with Crippen LogP contribution in [0.15, 0.2) is 24.3 Å². The number of amides is 1. The van der Waals surface area contributed by atoms with Gasteiger partial charge in [0, 0.05) is 6.54 Å². The second-order valence-electron chi connectivity index (χ2n) is 3.96. The molecule has 0 aromatic heterocycles. The van der Waals surface area contributed by atoms with Gasteiger partial charge in [-0.25, -0.2) is 0 Å². The van der Waals surface area contributed by atoms with Crippen molar-refractivity contribution in [1.82, 2.24) is 5.32 Å². The third kappa shape index (κ3) is 1.13. The van der Waals surface area contributed by atoms with Crippen molar-refractivity contribution >= 4 is 5.91 Å². The Kier molecular flexibility index (Phi) is 1.65. The van der Waals surface area contributed by atoms with Gasteiger partial charge in [-0.1, -0.05) is 24.3 Å². The fourth-order valence-corrected chi connectivity index (χ4v) is 1.80. The molecule has 68 valence electrons. The van der Waals surface area contributed by atoms with Gasteiger partial charge in [-0.3, -0.25) is 4.79 Å². The number of carbonyl (C=O) groups excluding carboxylic acids is 1. The van der Waals surface area contributed by atoms with E-state index in [9.17, 15) is 4.79 Å². The predicted molar refractivity (Wildman–Crippen MR) is 51.3 cm³/mol. The number of carbonyl (C=O) groups is 1. The van der Waals surface area contributed by atoms with E-state index in [-0.39, 0.29) is 11.3 Å². The van der Waals surface area contributed by atoms with Gasteiger partial charge in [-0.2, -0.15) is 0 Å². The van der Waals surface area contributed by atoms with Crippen molar-refractivity contribution in [1.29, 1.82) is 0 Å². The highest BCUT2D eigenvalue weighted by Crippen LogP contribution is 2.29. The Morgan fingerprint density at radius 2 is 2.00 bits per heavy atom. The molecule has 2 heteroatoms. The first-order valence-corrected chi connectivity index (χ1v) is 4.49. The quantitative estimate of drug-likeness (QED) is 0.637. The summed E-state index contributed by atoms with van der Waals surface area (Å²) in [4.78, 5) is 11.6. The molecular weight excluding hydrogens is 162 g/mol. The van der Waals surface area contributed by atoms with Gasteiger partial charge in [-0.15, -0.1) is 0 Å². The number of hydrogen-bond acceptors (Lipinski definition) is 1. The van der Waals surface area contributed by atoms with Gasteiger partial charge < -0.3 is 5.32 Å². The Balaban J connectivity index is 2.59. The Labute approximate surface area is 78.0 Å². The zero-order valence-electron chi connectivity index (χ0n) is 7.92. The van der Waals surface area contributed by atoms with Crippen molar-refractivity contribution in [2.24, 2.45) is 0 Å².